The van der Waals surface area contributed by atoms with E-state index < -0.39 is 10.0 Å². The van der Waals surface area contributed by atoms with Crippen molar-refractivity contribution in [2.45, 2.75) is 27.7 Å². The lowest BCUT2D eigenvalue weighted by Crippen LogP contribution is -2.36. The number of amides is 1. The van der Waals surface area contributed by atoms with Crippen LogP contribution in [0, 0.1) is 23.7 Å². The molecule has 1 aliphatic heterocycles. The van der Waals surface area contributed by atoms with Gasteiger partial charge in [0.05, 0.1) is 5.75 Å². The molecule has 1 heterocycles. The van der Waals surface area contributed by atoms with E-state index in [2.05, 4.69) is 0 Å². The average Bonchev–Trinajstić information content (AvgIpc) is 2.55. The maximum absolute atomic E-state index is 12.2. The first-order chi connectivity index (χ1) is 8.11. The van der Waals surface area contributed by atoms with E-state index in [9.17, 15) is 13.2 Å². The molecule has 0 radical (unpaired) electrons. The summed E-state index contributed by atoms with van der Waals surface area (Å²) in [5.74, 6) is 0.507. The summed E-state index contributed by atoms with van der Waals surface area (Å²) >= 11 is 0. The first kappa shape index (κ1) is 15.4. The predicted molar refractivity (Wildman–Crippen MR) is 71.2 cm³/mol. The number of likely N-dealkylation sites (tertiary alicyclic amines) is 1. The van der Waals surface area contributed by atoms with Crippen LogP contribution in [-0.4, -0.2) is 38.1 Å². The molecule has 0 saturated carbocycles. The van der Waals surface area contributed by atoms with E-state index >= 15 is 0 Å². The van der Waals surface area contributed by atoms with E-state index in [1.54, 1.807) is 4.90 Å². The van der Waals surface area contributed by atoms with Gasteiger partial charge in [-0.3, -0.25) is 4.79 Å². The predicted octanol–water partition coefficient (Wildman–Crippen LogP) is 0.662. The number of primary sulfonamides is 1. The van der Waals surface area contributed by atoms with Gasteiger partial charge in [-0.25, -0.2) is 13.6 Å². The molecule has 1 aliphatic rings. The van der Waals surface area contributed by atoms with Crippen LogP contribution < -0.4 is 5.14 Å². The molecular weight excluding hydrogens is 252 g/mol. The summed E-state index contributed by atoms with van der Waals surface area (Å²) in [6, 6.07) is 0. The second kappa shape index (κ2) is 5.57. The minimum absolute atomic E-state index is 0.0227. The second-order valence-corrected chi connectivity index (χ2v) is 7.50. The number of hydrogen-bond acceptors (Lipinski definition) is 3. The van der Waals surface area contributed by atoms with Crippen LogP contribution in [0.25, 0.3) is 0 Å². The van der Waals surface area contributed by atoms with E-state index in [1.807, 2.05) is 27.7 Å². The van der Waals surface area contributed by atoms with E-state index in [0.717, 1.165) is 0 Å². The van der Waals surface area contributed by atoms with Crippen molar-refractivity contribution in [2.24, 2.45) is 28.8 Å². The zero-order chi connectivity index (χ0) is 14.1. The fraction of sp³-hybridized carbons (Fsp3) is 0.917. The van der Waals surface area contributed by atoms with Crippen LogP contribution >= 0.6 is 0 Å². The summed E-state index contributed by atoms with van der Waals surface area (Å²) in [6.07, 6.45) is 0. The third-order valence-electron chi connectivity index (χ3n) is 3.92. The molecule has 0 aromatic rings. The van der Waals surface area contributed by atoms with Crippen molar-refractivity contribution in [1.29, 1.82) is 0 Å². The molecule has 0 spiro atoms. The SMILES string of the molecule is CC(C)C(C)C(=O)N1CC(C)C(CS(N)(=O)=O)C1. The molecule has 1 fully saturated rings. The minimum Gasteiger partial charge on any atom is -0.342 e. The van der Waals surface area contributed by atoms with E-state index in [4.69, 9.17) is 5.14 Å². The average molecular weight is 276 g/mol. The maximum atomic E-state index is 12.2. The topological polar surface area (TPSA) is 80.5 Å². The van der Waals surface area contributed by atoms with Gasteiger partial charge in [-0.1, -0.05) is 27.7 Å². The van der Waals surface area contributed by atoms with Crippen LogP contribution in [0.4, 0.5) is 0 Å². The number of carbonyl (C=O) groups is 1. The van der Waals surface area contributed by atoms with Crippen molar-refractivity contribution in [1.82, 2.24) is 4.90 Å². The molecule has 1 rings (SSSR count). The lowest BCUT2D eigenvalue weighted by Gasteiger charge is -2.23. The Labute approximate surface area is 110 Å². The zero-order valence-electron chi connectivity index (χ0n) is 11.6. The van der Waals surface area contributed by atoms with Gasteiger partial charge in [-0.15, -0.1) is 0 Å². The van der Waals surface area contributed by atoms with Crippen LogP contribution in [0.3, 0.4) is 0 Å². The van der Waals surface area contributed by atoms with Crippen LogP contribution in [-0.2, 0) is 14.8 Å². The lowest BCUT2D eigenvalue weighted by atomic mass is 9.97. The monoisotopic (exact) mass is 276 g/mol. The van der Waals surface area contributed by atoms with Crippen LogP contribution in [0.2, 0.25) is 0 Å². The smallest absolute Gasteiger partial charge is 0.225 e. The standard InChI is InChI=1S/C12H24N2O3S/c1-8(2)10(4)12(15)14-5-9(3)11(6-14)7-18(13,16)17/h8-11H,5-7H2,1-4H3,(H2,13,16,17). The quantitative estimate of drug-likeness (QED) is 0.819. The van der Waals surface area contributed by atoms with Crippen molar-refractivity contribution < 1.29 is 13.2 Å². The van der Waals surface area contributed by atoms with Gasteiger partial charge >= 0.3 is 0 Å². The van der Waals surface area contributed by atoms with Gasteiger partial charge in [-0.05, 0) is 17.8 Å². The molecular formula is C12H24N2O3S. The summed E-state index contributed by atoms with van der Waals surface area (Å²) in [6.45, 7) is 9.07. The summed E-state index contributed by atoms with van der Waals surface area (Å²) in [5.41, 5.74) is 0. The van der Waals surface area contributed by atoms with Gasteiger partial charge in [0.2, 0.25) is 15.9 Å². The molecule has 0 aliphatic carbocycles. The van der Waals surface area contributed by atoms with E-state index in [1.165, 1.54) is 0 Å². The Balaban J connectivity index is 2.66. The number of nitrogens with two attached hydrogens (primary N) is 1. The molecule has 0 bridgehead atoms. The molecule has 3 unspecified atom stereocenters. The Morgan fingerprint density at radius 2 is 1.89 bits per heavy atom. The summed E-state index contributed by atoms with van der Waals surface area (Å²) in [4.78, 5) is 14.0. The van der Waals surface area contributed by atoms with Gasteiger partial charge in [0.25, 0.3) is 0 Å². The normalized spacial score (nSPS) is 26.7. The summed E-state index contributed by atoms with van der Waals surface area (Å²) in [5, 5.41) is 5.08. The first-order valence-corrected chi connectivity index (χ1v) is 8.12. The Bertz CT molecular complexity index is 406. The van der Waals surface area contributed by atoms with Crippen molar-refractivity contribution in [3.63, 3.8) is 0 Å². The fourth-order valence-corrected chi connectivity index (χ4v) is 3.33. The number of rotatable bonds is 4. The Morgan fingerprint density at radius 3 is 2.33 bits per heavy atom. The lowest BCUT2D eigenvalue weighted by molar-refractivity contribution is -0.135. The highest BCUT2D eigenvalue weighted by Gasteiger charge is 2.36. The van der Waals surface area contributed by atoms with E-state index in [0.29, 0.717) is 19.0 Å². The molecule has 6 heteroatoms. The van der Waals surface area contributed by atoms with Gasteiger partial charge in [0.15, 0.2) is 0 Å². The van der Waals surface area contributed by atoms with Crippen LogP contribution in [0.1, 0.15) is 27.7 Å². The van der Waals surface area contributed by atoms with Gasteiger partial charge in [-0.2, -0.15) is 0 Å². The van der Waals surface area contributed by atoms with Gasteiger partial charge in [0.1, 0.15) is 0 Å². The van der Waals surface area contributed by atoms with Crippen molar-refractivity contribution >= 4 is 15.9 Å². The molecule has 5 nitrogen and oxygen atoms in total. The molecule has 0 aromatic heterocycles. The van der Waals surface area contributed by atoms with Gasteiger partial charge < -0.3 is 4.90 Å². The fourth-order valence-electron chi connectivity index (χ4n) is 2.30. The van der Waals surface area contributed by atoms with Crippen molar-refractivity contribution in [2.75, 3.05) is 18.8 Å². The maximum Gasteiger partial charge on any atom is 0.225 e. The largest absolute Gasteiger partial charge is 0.342 e. The van der Waals surface area contributed by atoms with Crippen molar-refractivity contribution in [3.8, 4) is 0 Å². The molecule has 1 amide bonds. The first-order valence-electron chi connectivity index (χ1n) is 6.41. The third-order valence-corrected chi connectivity index (χ3v) is 4.81. The van der Waals surface area contributed by atoms with Crippen LogP contribution in [0.15, 0.2) is 0 Å². The molecule has 2 N–H and O–H groups in total. The number of hydrogen-bond donors (Lipinski definition) is 1. The number of carbonyl (C=O) groups excluding carboxylic acids is 1. The molecule has 3 atom stereocenters. The molecule has 0 aromatic carbocycles. The highest BCUT2D eigenvalue weighted by atomic mass is 32.2. The summed E-state index contributed by atoms with van der Waals surface area (Å²) < 4.78 is 22.3. The van der Waals surface area contributed by atoms with Crippen molar-refractivity contribution in [3.05, 3.63) is 0 Å². The Kier molecular flexibility index (Phi) is 4.78. The summed E-state index contributed by atoms with van der Waals surface area (Å²) in [7, 11) is -3.46. The Hall–Kier alpha value is -0.620. The minimum atomic E-state index is -3.46. The highest BCUT2D eigenvalue weighted by Crippen LogP contribution is 2.26. The molecule has 106 valence electrons. The highest BCUT2D eigenvalue weighted by molar-refractivity contribution is 7.89. The zero-order valence-corrected chi connectivity index (χ0v) is 12.4. The number of sulfonamides is 1. The number of nitrogens with zero attached hydrogens (tertiary/aromatic N) is 1. The molecule has 1 saturated heterocycles. The van der Waals surface area contributed by atoms with Crippen LogP contribution in [0.5, 0.6) is 0 Å². The Morgan fingerprint density at radius 1 is 1.33 bits per heavy atom. The molecule has 18 heavy (non-hydrogen) atoms. The third kappa shape index (κ3) is 3.95. The second-order valence-electron chi connectivity index (χ2n) is 5.84. The van der Waals surface area contributed by atoms with E-state index in [-0.39, 0.29) is 29.4 Å². The van der Waals surface area contributed by atoms with Gasteiger partial charge in [0, 0.05) is 19.0 Å².